The molecule has 9 nitrogen and oxygen atoms in total. The van der Waals surface area contributed by atoms with Gasteiger partial charge in [-0.15, -0.1) is 0 Å². The number of carbonyl (C=O) groups is 1. The van der Waals surface area contributed by atoms with Gasteiger partial charge >= 0.3 is 0 Å². The standard InChI is InChI=1S/C52H103NO8/c1-3-5-7-9-11-13-14-15-16-17-18-19-20-21-22-23-24-25-26-27-28-29-30-31-32-34-36-38-40-42-48(56)53-45(46(55)41-39-37-35-33-12-10-8-6-4-2)44-60-52-51(59)50(58)49(57)47(43-54)61-52/h45-47,49-52,54-55,57-59H,3-44H2,1-2H3,(H,53,56)/t45-,46+,47+,49+,50?,51?,52+/m0/s1. The Bertz CT molecular complexity index is 924. The molecule has 9 heteroatoms. The maximum Gasteiger partial charge on any atom is 0.220 e. The Balaban J connectivity index is 2.08. The zero-order valence-electron chi connectivity index (χ0n) is 40.2. The van der Waals surface area contributed by atoms with Crippen molar-refractivity contribution in [2.45, 2.75) is 314 Å². The first-order valence-corrected chi connectivity index (χ1v) is 26.7. The van der Waals surface area contributed by atoms with Crippen LogP contribution in [-0.4, -0.2) is 87.5 Å². The van der Waals surface area contributed by atoms with Gasteiger partial charge in [0.05, 0.1) is 25.4 Å². The summed E-state index contributed by atoms with van der Waals surface area (Å²) < 4.78 is 11.2. The van der Waals surface area contributed by atoms with Gasteiger partial charge in [0.25, 0.3) is 0 Å². The third-order valence-corrected chi connectivity index (χ3v) is 13.2. The molecule has 0 aliphatic carbocycles. The van der Waals surface area contributed by atoms with Crippen LogP contribution in [0.3, 0.4) is 0 Å². The summed E-state index contributed by atoms with van der Waals surface area (Å²) in [6.07, 6.45) is 43.0. The molecule has 1 saturated heterocycles. The highest BCUT2D eigenvalue weighted by Gasteiger charge is 2.44. The van der Waals surface area contributed by atoms with Crippen molar-refractivity contribution in [2.24, 2.45) is 0 Å². The Morgan fingerprint density at radius 1 is 0.492 bits per heavy atom. The fourth-order valence-corrected chi connectivity index (χ4v) is 8.93. The lowest BCUT2D eigenvalue weighted by Gasteiger charge is -2.40. The zero-order valence-corrected chi connectivity index (χ0v) is 40.2. The third-order valence-electron chi connectivity index (χ3n) is 13.2. The summed E-state index contributed by atoms with van der Waals surface area (Å²) in [7, 11) is 0. The molecule has 0 radical (unpaired) electrons. The lowest BCUT2D eigenvalue weighted by molar-refractivity contribution is -0.302. The van der Waals surface area contributed by atoms with Gasteiger partial charge in [0.2, 0.25) is 5.91 Å². The largest absolute Gasteiger partial charge is 0.394 e. The fraction of sp³-hybridized carbons (Fsp3) is 0.981. The molecule has 0 aromatic carbocycles. The number of carbonyl (C=O) groups excluding carboxylic acids is 1. The Morgan fingerprint density at radius 2 is 0.820 bits per heavy atom. The summed E-state index contributed by atoms with van der Waals surface area (Å²) in [6.45, 7) is 3.84. The van der Waals surface area contributed by atoms with Gasteiger partial charge in [-0.2, -0.15) is 0 Å². The van der Waals surface area contributed by atoms with Crippen molar-refractivity contribution in [2.75, 3.05) is 13.2 Å². The second kappa shape index (κ2) is 43.1. The highest BCUT2D eigenvalue weighted by atomic mass is 16.7. The van der Waals surface area contributed by atoms with Crippen molar-refractivity contribution in [1.82, 2.24) is 5.32 Å². The molecule has 61 heavy (non-hydrogen) atoms. The number of aliphatic hydroxyl groups excluding tert-OH is 5. The highest BCUT2D eigenvalue weighted by Crippen LogP contribution is 2.23. The Labute approximate surface area is 376 Å². The number of nitrogens with one attached hydrogen (secondary N) is 1. The molecule has 2 unspecified atom stereocenters. The molecule has 6 N–H and O–H groups in total. The second-order valence-electron chi connectivity index (χ2n) is 19.0. The number of hydrogen-bond donors (Lipinski definition) is 6. The average molecular weight is 870 g/mol. The number of hydrogen-bond acceptors (Lipinski definition) is 8. The predicted molar refractivity (Wildman–Crippen MR) is 254 cm³/mol. The summed E-state index contributed by atoms with van der Waals surface area (Å²) in [4.78, 5) is 13.0. The Hall–Kier alpha value is -0.810. The van der Waals surface area contributed by atoms with Crippen LogP contribution in [0.15, 0.2) is 0 Å². The first kappa shape index (κ1) is 58.2. The number of unbranched alkanes of at least 4 members (excludes halogenated alkanes) is 36. The summed E-state index contributed by atoms with van der Waals surface area (Å²) >= 11 is 0. The normalized spacial score (nSPS) is 20.3. The van der Waals surface area contributed by atoms with E-state index in [0.717, 1.165) is 38.5 Å². The van der Waals surface area contributed by atoms with Gasteiger partial charge in [-0.05, 0) is 12.8 Å². The molecule has 364 valence electrons. The third kappa shape index (κ3) is 33.3. The topological polar surface area (TPSA) is 149 Å². The van der Waals surface area contributed by atoms with Crippen molar-refractivity contribution in [3.8, 4) is 0 Å². The van der Waals surface area contributed by atoms with E-state index in [1.165, 1.54) is 205 Å². The minimum absolute atomic E-state index is 0.132. The van der Waals surface area contributed by atoms with E-state index in [2.05, 4.69) is 19.2 Å². The summed E-state index contributed by atoms with van der Waals surface area (Å²) in [5, 5.41) is 54.3. The van der Waals surface area contributed by atoms with Crippen molar-refractivity contribution in [1.29, 1.82) is 0 Å². The van der Waals surface area contributed by atoms with Crippen molar-refractivity contribution >= 4 is 5.91 Å². The van der Waals surface area contributed by atoms with Crippen LogP contribution in [0.1, 0.15) is 271 Å². The Kier molecular flexibility index (Phi) is 41.1. The number of ether oxygens (including phenoxy) is 2. The van der Waals surface area contributed by atoms with Crippen LogP contribution in [0.25, 0.3) is 0 Å². The molecular weight excluding hydrogens is 767 g/mol. The van der Waals surface area contributed by atoms with Crippen LogP contribution in [0.5, 0.6) is 0 Å². The molecule has 0 aromatic heterocycles. The van der Waals surface area contributed by atoms with Crippen molar-refractivity contribution in [3.63, 3.8) is 0 Å². The van der Waals surface area contributed by atoms with E-state index in [1.807, 2.05) is 0 Å². The van der Waals surface area contributed by atoms with Gasteiger partial charge in [-0.25, -0.2) is 0 Å². The lowest BCUT2D eigenvalue weighted by atomic mass is 9.99. The molecule has 0 bridgehead atoms. The minimum atomic E-state index is -1.55. The number of amides is 1. The van der Waals surface area contributed by atoms with Gasteiger partial charge < -0.3 is 40.3 Å². The smallest absolute Gasteiger partial charge is 0.220 e. The van der Waals surface area contributed by atoms with E-state index in [9.17, 15) is 30.3 Å². The monoisotopic (exact) mass is 870 g/mol. The van der Waals surface area contributed by atoms with Crippen LogP contribution < -0.4 is 5.32 Å². The molecule has 7 atom stereocenters. The molecule has 1 rings (SSSR count). The maximum atomic E-state index is 13.0. The van der Waals surface area contributed by atoms with Crippen LogP contribution >= 0.6 is 0 Å². The van der Waals surface area contributed by atoms with Crippen LogP contribution in [0.4, 0.5) is 0 Å². The highest BCUT2D eigenvalue weighted by molar-refractivity contribution is 5.76. The quantitative estimate of drug-likeness (QED) is 0.0331. The van der Waals surface area contributed by atoms with Crippen molar-refractivity contribution < 1.29 is 39.8 Å². The summed E-state index contributed by atoms with van der Waals surface area (Å²) in [5.41, 5.74) is 0. The van der Waals surface area contributed by atoms with Gasteiger partial charge in [0, 0.05) is 6.42 Å². The Morgan fingerprint density at radius 3 is 1.16 bits per heavy atom. The van der Waals surface area contributed by atoms with Gasteiger partial charge in [-0.3, -0.25) is 4.79 Å². The van der Waals surface area contributed by atoms with Crippen LogP contribution in [0, 0.1) is 0 Å². The predicted octanol–water partition coefficient (Wildman–Crippen LogP) is 12.3. The minimum Gasteiger partial charge on any atom is -0.394 e. The van der Waals surface area contributed by atoms with E-state index in [1.54, 1.807) is 0 Å². The second-order valence-corrected chi connectivity index (χ2v) is 19.0. The van der Waals surface area contributed by atoms with E-state index in [4.69, 9.17) is 9.47 Å². The van der Waals surface area contributed by atoms with Gasteiger partial charge in [0.15, 0.2) is 6.29 Å². The van der Waals surface area contributed by atoms with E-state index in [0.29, 0.717) is 12.8 Å². The zero-order chi connectivity index (χ0) is 44.4. The molecule has 1 aliphatic rings. The molecule has 0 saturated carbocycles. The van der Waals surface area contributed by atoms with Crippen molar-refractivity contribution in [3.05, 3.63) is 0 Å². The van der Waals surface area contributed by atoms with Crippen LogP contribution in [-0.2, 0) is 14.3 Å². The molecule has 1 amide bonds. The molecule has 1 fully saturated rings. The van der Waals surface area contributed by atoms with Gasteiger partial charge in [-0.1, -0.05) is 251 Å². The summed E-state index contributed by atoms with van der Waals surface area (Å²) in [5.74, 6) is -0.140. The van der Waals surface area contributed by atoms with E-state index < -0.39 is 49.5 Å². The first-order valence-electron chi connectivity index (χ1n) is 26.7. The van der Waals surface area contributed by atoms with E-state index >= 15 is 0 Å². The molecule has 1 heterocycles. The van der Waals surface area contributed by atoms with E-state index in [-0.39, 0.29) is 12.5 Å². The SMILES string of the molecule is CCCCCCCCCCCCCCCCCCCCCCCCCCCCCCCC(=O)N[C@@H](CO[C@@H]1O[C@H](CO)[C@@H](O)C(O)C1O)[C@H](O)CCCCCCCCCCC. The lowest BCUT2D eigenvalue weighted by Crippen LogP contribution is -2.60. The number of rotatable bonds is 46. The average Bonchev–Trinajstić information content (AvgIpc) is 3.26. The fourth-order valence-electron chi connectivity index (χ4n) is 8.93. The molecule has 0 aromatic rings. The summed E-state index contributed by atoms with van der Waals surface area (Å²) in [6, 6.07) is -0.711. The van der Waals surface area contributed by atoms with Crippen LogP contribution in [0.2, 0.25) is 0 Å². The van der Waals surface area contributed by atoms with Gasteiger partial charge in [0.1, 0.15) is 24.4 Å². The molecular formula is C52H103NO8. The maximum absolute atomic E-state index is 13.0. The first-order chi connectivity index (χ1) is 29.8. The number of aliphatic hydroxyl groups is 5. The molecule has 1 aliphatic heterocycles. The molecule has 0 spiro atoms.